The Morgan fingerprint density at radius 2 is 1.90 bits per heavy atom. The molecule has 5 heteroatoms. The third kappa shape index (κ3) is 1.14. The Morgan fingerprint density at radius 1 is 1.30 bits per heavy atom. The van der Waals surface area contributed by atoms with Gasteiger partial charge < -0.3 is 20.4 Å². The molecule has 60 valence electrons. The highest BCUT2D eigenvalue weighted by atomic mass is 16.7. The molecule has 1 heterocycles. The Balaban J connectivity index is 2.67. The van der Waals surface area contributed by atoms with E-state index in [2.05, 4.69) is 5.32 Å². The van der Waals surface area contributed by atoms with Crippen molar-refractivity contribution in [1.29, 1.82) is 0 Å². The maximum atomic E-state index is 9.17. The number of aliphatic hydroxyl groups is 4. The molecule has 0 aliphatic carbocycles. The van der Waals surface area contributed by atoms with Gasteiger partial charge in [-0.1, -0.05) is 0 Å². The summed E-state index contributed by atoms with van der Waals surface area (Å²) in [7, 11) is 0. The first-order valence-corrected chi connectivity index (χ1v) is 3.10. The lowest BCUT2D eigenvalue weighted by atomic mass is 10.1. The second-order valence-electron chi connectivity index (χ2n) is 2.53. The molecule has 0 aromatic heterocycles. The molecule has 1 rings (SSSR count). The largest absolute Gasteiger partial charge is 0.368 e. The molecule has 1 atom stereocenters. The van der Waals surface area contributed by atoms with Crippen molar-refractivity contribution in [3.05, 3.63) is 0 Å². The Kier molecular flexibility index (Phi) is 1.69. The van der Waals surface area contributed by atoms with Crippen molar-refractivity contribution in [3.63, 3.8) is 0 Å². The van der Waals surface area contributed by atoms with E-state index >= 15 is 0 Å². The van der Waals surface area contributed by atoms with E-state index in [9.17, 15) is 0 Å². The molecule has 10 heavy (non-hydrogen) atoms. The van der Waals surface area contributed by atoms with Crippen LogP contribution >= 0.6 is 0 Å². The minimum absolute atomic E-state index is 0.135. The van der Waals surface area contributed by atoms with Crippen molar-refractivity contribution >= 4 is 0 Å². The summed E-state index contributed by atoms with van der Waals surface area (Å²) >= 11 is 0. The zero-order valence-corrected chi connectivity index (χ0v) is 5.41. The normalized spacial score (nSPS) is 34.8. The smallest absolute Gasteiger partial charge is 0.320 e. The molecule has 0 spiro atoms. The lowest BCUT2D eigenvalue weighted by Crippen LogP contribution is -2.60. The molecule has 0 aromatic rings. The van der Waals surface area contributed by atoms with Crippen LogP contribution in [0.2, 0.25) is 0 Å². The molecular formula is C5H11NO4. The molecule has 0 aromatic carbocycles. The van der Waals surface area contributed by atoms with Crippen molar-refractivity contribution in [2.45, 2.75) is 24.5 Å². The molecule has 0 amide bonds. The van der Waals surface area contributed by atoms with Crippen LogP contribution in [0.25, 0.3) is 0 Å². The maximum Gasteiger partial charge on any atom is 0.320 e. The Morgan fingerprint density at radius 3 is 2.10 bits per heavy atom. The first kappa shape index (κ1) is 7.90. The van der Waals surface area contributed by atoms with Crippen LogP contribution in [0.1, 0.15) is 12.8 Å². The van der Waals surface area contributed by atoms with Crippen molar-refractivity contribution in [2.75, 3.05) is 6.54 Å². The van der Waals surface area contributed by atoms with Crippen molar-refractivity contribution < 1.29 is 20.4 Å². The van der Waals surface area contributed by atoms with Crippen LogP contribution in [0.5, 0.6) is 0 Å². The summed E-state index contributed by atoms with van der Waals surface area (Å²) in [6, 6.07) is 0. The fourth-order valence-corrected chi connectivity index (χ4v) is 1.01. The van der Waals surface area contributed by atoms with Gasteiger partial charge >= 0.3 is 5.97 Å². The van der Waals surface area contributed by atoms with E-state index in [1.165, 1.54) is 0 Å². The Hall–Kier alpha value is -0.200. The highest BCUT2D eigenvalue weighted by molar-refractivity contribution is 4.87. The van der Waals surface area contributed by atoms with E-state index in [0.29, 0.717) is 13.0 Å². The van der Waals surface area contributed by atoms with Gasteiger partial charge in [0.25, 0.3) is 0 Å². The summed E-state index contributed by atoms with van der Waals surface area (Å²) in [5, 5.41) is 37.3. The lowest BCUT2D eigenvalue weighted by molar-refractivity contribution is -0.395. The van der Waals surface area contributed by atoms with Gasteiger partial charge in [0.1, 0.15) is 0 Å². The quantitative estimate of drug-likeness (QED) is 0.270. The summed E-state index contributed by atoms with van der Waals surface area (Å²) in [6.45, 7) is 0.472. The SMILES string of the molecule is OC(O)(O)[C@]1(O)CCCN1. The summed E-state index contributed by atoms with van der Waals surface area (Å²) in [4.78, 5) is 0. The standard InChI is InChI=1S/C5H11NO4/c7-4(5(8,9)10)2-1-3-6-4/h6-10H,1-3H2/t4-/m1/s1. The van der Waals surface area contributed by atoms with Crippen LogP contribution < -0.4 is 5.32 Å². The molecule has 1 aliphatic heterocycles. The van der Waals surface area contributed by atoms with Crippen LogP contribution in [-0.4, -0.2) is 38.7 Å². The van der Waals surface area contributed by atoms with E-state index in [1.807, 2.05) is 0 Å². The zero-order valence-electron chi connectivity index (χ0n) is 5.41. The van der Waals surface area contributed by atoms with E-state index in [0.717, 1.165) is 0 Å². The maximum absolute atomic E-state index is 9.17. The molecule has 5 N–H and O–H groups in total. The predicted molar refractivity (Wildman–Crippen MR) is 31.6 cm³/mol. The third-order valence-electron chi connectivity index (χ3n) is 1.69. The first-order valence-electron chi connectivity index (χ1n) is 3.10. The predicted octanol–water partition coefficient (Wildman–Crippen LogP) is -2.31. The van der Waals surface area contributed by atoms with Crippen LogP contribution in [0.15, 0.2) is 0 Å². The van der Waals surface area contributed by atoms with Gasteiger partial charge in [0.2, 0.25) is 0 Å². The fourth-order valence-electron chi connectivity index (χ4n) is 1.01. The van der Waals surface area contributed by atoms with Crippen molar-refractivity contribution in [3.8, 4) is 0 Å². The van der Waals surface area contributed by atoms with E-state index in [1.54, 1.807) is 0 Å². The van der Waals surface area contributed by atoms with Crippen LogP contribution in [-0.2, 0) is 0 Å². The Labute approximate surface area is 57.9 Å². The minimum Gasteiger partial charge on any atom is -0.368 e. The van der Waals surface area contributed by atoms with E-state index in [4.69, 9.17) is 20.4 Å². The second-order valence-corrected chi connectivity index (χ2v) is 2.53. The average molecular weight is 149 g/mol. The molecule has 1 fully saturated rings. The fraction of sp³-hybridized carbons (Fsp3) is 1.00. The molecule has 1 saturated heterocycles. The summed E-state index contributed by atoms with van der Waals surface area (Å²) in [5.74, 6) is -3.04. The van der Waals surface area contributed by atoms with E-state index in [-0.39, 0.29) is 6.42 Å². The lowest BCUT2D eigenvalue weighted by Gasteiger charge is -2.31. The summed E-state index contributed by atoms with van der Waals surface area (Å²) in [5.41, 5.74) is -1.95. The number of hydrogen-bond acceptors (Lipinski definition) is 5. The van der Waals surface area contributed by atoms with Crippen LogP contribution in [0.3, 0.4) is 0 Å². The van der Waals surface area contributed by atoms with Gasteiger partial charge in [0.15, 0.2) is 5.72 Å². The molecule has 1 aliphatic rings. The Bertz CT molecular complexity index is 124. The van der Waals surface area contributed by atoms with Gasteiger partial charge in [-0.3, -0.25) is 5.32 Å². The third-order valence-corrected chi connectivity index (χ3v) is 1.69. The number of nitrogens with one attached hydrogen (secondary N) is 1. The highest BCUT2D eigenvalue weighted by Crippen LogP contribution is 2.24. The first-order chi connectivity index (χ1) is 4.46. The van der Waals surface area contributed by atoms with E-state index < -0.39 is 11.7 Å². The van der Waals surface area contributed by atoms with Gasteiger partial charge in [-0.2, -0.15) is 0 Å². The molecule has 5 nitrogen and oxygen atoms in total. The zero-order chi connectivity index (χ0) is 7.83. The van der Waals surface area contributed by atoms with Gasteiger partial charge in [-0.15, -0.1) is 0 Å². The molecular weight excluding hydrogens is 138 g/mol. The molecule has 0 radical (unpaired) electrons. The number of rotatable bonds is 1. The van der Waals surface area contributed by atoms with Crippen LogP contribution in [0.4, 0.5) is 0 Å². The van der Waals surface area contributed by atoms with Gasteiger partial charge in [-0.25, -0.2) is 0 Å². The number of hydrogen-bond donors (Lipinski definition) is 5. The van der Waals surface area contributed by atoms with Gasteiger partial charge in [0, 0.05) is 0 Å². The van der Waals surface area contributed by atoms with Gasteiger partial charge in [0.05, 0.1) is 0 Å². The molecule has 0 unspecified atom stereocenters. The van der Waals surface area contributed by atoms with Crippen molar-refractivity contribution in [1.82, 2.24) is 5.32 Å². The summed E-state index contributed by atoms with van der Waals surface area (Å²) < 4.78 is 0. The molecule has 0 bridgehead atoms. The second kappa shape index (κ2) is 2.14. The van der Waals surface area contributed by atoms with Crippen LogP contribution in [0, 0.1) is 0 Å². The molecule has 0 saturated carbocycles. The minimum atomic E-state index is -3.04. The monoisotopic (exact) mass is 149 g/mol. The summed E-state index contributed by atoms with van der Waals surface area (Å²) in [6.07, 6.45) is 0.746. The van der Waals surface area contributed by atoms with Crippen molar-refractivity contribution in [2.24, 2.45) is 0 Å². The highest BCUT2D eigenvalue weighted by Gasteiger charge is 2.49. The average Bonchev–Trinajstić information content (AvgIpc) is 2.13. The topological polar surface area (TPSA) is 93.0 Å². The van der Waals surface area contributed by atoms with Gasteiger partial charge in [-0.05, 0) is 19.4 Å².